The molecule has 0 aliphatic rings. The van der Waals surface area contributed by atoms with Crippen molar-refractivity contribution in [3.8, 4) is 0 Å². The second kappa shape index (κ2) is 5.84. The Morgan fingerprint density at radius 2 is 2.00 bits per heavy atom. The predicted molar refractivity (Wildman–Crippen MR) is 68.8 cm³/mol. The third-order valence-corrected chi connectivity index (χ3v) is 3.51. The number of thioether (sulfide) groups is 1. The molecule has 0 aliphatic carbocycles. The molecular weight excluding hydrogens is 232 g/mol. The van der Waals surface area contributed by atoms with Gasteiger partial charge in [0.05, 0.1) is 18.8 Å². The Bertz CT molecular complexity index is 467. The van der Waals surface area contributed by atoms with Crippen LogP contribution < -0.4 is 5.73 Å². The van der Waals surface area contributed by atoms with E-state index in [-0.39, 0.29) is 0 Å². The van der Waals surface area contributed by atoms with Crippen molar-refractivity contribution in [2.24, 2.45) is 0 Å². The molecule has 1 heterocycles. The van der Waals surface area contributed by atoms with Crippen LogP contribution in [0.15, 0.2) is 35.5 Å². The third-order valence-electron chi connectivity index (χ3n) is 2.46. The van der Waals surface area contributed by atoms with Gasteiger partial charge in [-0.2, -0.15) is 0 Å². The van der Waals surface area contributed by atoms with E-state index in [9.17, 15) is 0 Å². The molecule has 2 rings (SSSR count). The molecule has 1 aromatic carbocycles. The fourth-order valence-corrected chi connectivity index (χ4v) is 2.36. The molecule has 0 spiro atoms. The van der Waals surface area contributed by atoms with Gasteiger partial charge in [0.1, 0.15) is 5.82 Å². The van der Waals surface area contributed by atoms with E-state index in [4.69, 9.17) is 0 Å². The molecule has 0 aliphatic heterocycles. The fourth-order valence-electron chi connectivity index (χ4n) is 1.58. The topological polar surface area (TPSA) is 58.4 Å². The summed E-state index contributed by atoms with van der Waals surface area (Å²) in [6.07, 6.45) is 0. The molecule has 0 saturated heterocycles. The molecule has 3 N–H and O–H groups in total. The SMILES string of the molecule is Cc1nnc(SCC[NH3+])n1Cc1ccccc1. The van der Waals surface area contributed by atoms with Gasteiger partial charge in [-0.1, -0.05) is 42.1 Å². The van der Waals surface area contributed by atoms with Gasteiger partial charge in [0.25, 0.3) is 0 Å². The lowest BCUT2D eigenvalue weighted by atomic mass is 10.2. The summed E-state index contributed by atoms with van der Waals surface area (Å²) in [5, 5.41) is 9.32. The normalized spacial score (nSPS) is 10.7. The summed E-state index contributed by atoms with van der Waals surface area (Å²) in [4.78, 5) is 0. The average molecular weight is 249 g/mol. The fraction of sp³-hybridized carbons (Fsp3) is 0.333. The minimum atomic E-state index is 0.832. The molecule has 17 heavy (non-hydrogen) atoms. The number of aryl methyl sites for hydroxylation is 1. The summed E-state index contributed by atoms with van der Waals surface area (Å²) in [5.74, 6) is 1.94. The molecule has 1 aromatic heterocycles. The standard InChI is InChI=1S/C12H16N4S/c1-10-14-15-12(17-8-7-13)16(10)9-11-5-3-2-4-6-11/h2-6H,7-9,13H2,1H3/p+1. The summed E-state index contributed by atoms with van der Waals surface area (Å²) in [6.45, 7) is 3.73. The molecule has 5 heteroatoms. The molecule has 2 aromatic rings. The van der Waals surface area contributed by atoms with Crippen LogP contribution in [0.3, 0.4) is 0 Å². The Balaban J connectivity index is 2.17. The second-order valence-corrected chi connectivity index (χ2v) is 4.87. The zero-order valence-corrected chi connectivity index (χ0v) is 10.8. The van der Waals surface area contributed by atoms with Crippen molar-refractivity contribution in [1.29, 1.82) is 0 Å². The van der Waals surface area contributed by atoms with Crippen LogP contribution in [0.4, 0.5) is 0 Å². The number of hydrogen-bond acceptors (Lipinski definition) is 3. The van der Waals surface area contributed by atoms with Crippen LogP contribution in [0, 0.1) is 6.92 Å². The Kier molecular flexibility index (Phi) is 4.17. The van der Waals surface area contributed by atoms with Crippen molar-refractivity contribution in [3.63, 3.8) is 0 Å². The lowest BCUT2D eigenvalue weighted by Crippen LogP contribution is -2.51. The average Bonchev–Trinajstić information content (AvgIpc) is 2.70. The summed E-state index contributed by atoms with van der Waals surface area (Å²) >= 11 is 1.71. The Labute approximate surface area is 105 Å². The zero-order valence-electron chi connectivity index (χ0n) is 9.97. The van der Waals surface area contributed by atoms with Gasteiger partial charge in [0.2, 0.25) is 0 Å². The molecule has 0 fully saturated rings. The van der Waals surface area contributed by atoms with Crippen LogP contribution in [0.5, 0.6) is 0 Å². The first-order valence-electron chi connectivity index (χ1n) is 5.67. The lowest BCUT2D eigenvalue weighted by Gasteiger charge is -2.07. The van der Waals surface area contributed by atoms with Crippen LogP contribution in [-0.2, 0) is 6.54 Å². The highest BCUT2D eigenvalue weighted by atomic mass is 32.2. The first-order chi connectivity index (χ1) is 8.31. The number of nitrogens with zero attached hydrogens (tertiary/aromatic N) is 3. The number of aromatic nitrogens is 3. The van der Waals surface area contributed by atoms with E-state index < -0.39 is 0 Å². The van der Waals surface area contributed by atoms with Crippen LogP contribution in [0.25, 0.3) is 0 Å². The lowest BCUT2D eigenvalue weighted by molar-refractivity contribution is -0.360. The van der Waals surface area contributed by atoms with Gasteiger partial charge < -0.3 is 10.3 Å². The Morgan fingerprint density at radius 1 is 1.24 bits per heavy atom. The molecular formula is C12H17N4S+. The maximum absolute atomic E-state index is 4.20. The highest BCUT2D eigenvalue weighted by Crippen LogP contribution is 2.17. The number of quaternary nitrogens is 1. The zero-order chi connectivity index (χ0) is 12.1. The number of rotatable bonds is 5. The van der Waals surface area contributed by atoms with Crippen molar-refractivity contribution in [1.82, 2.24) is 14.8 Å². The van der Waals surface area contributed by atoms with E-state index in [1.54, 1.807) is 11.8 Å². The smallest absolute Gasteiger partial charge is 0.191 e. The van der Waals surface area contributed by atoms with E-state index in [2.05, 4.69) is 44.8 Å². The quantitative estimate of drug-likeness (QED) is 0.803. The molecule has 0 amide bonds. The van der Waals surface area contributed by atoms with Crippen LogP contribution in [0.1, 0.15) is 11.4 Å². The van der Waals surface area contributed by atoms with Crippen molar-refractivity contribution in [2.75, 3.05) is 12.3 Å². The van der Waals surface area contributed by atoms with Gasteiger partial charge >= 0.3 is 0 Å². The monoisotopic (exact) mass is 249 g/mol. The van der Waals surface area contributed by atoms with Gasteiger partial charge in [0, 0.05) is 0 Å². The van der Waals surface area contributed by atoms with Crippen molar-refractivity contribution >= 4 is 11.8 Å². The van der Waals surface area contributed by atoms with E-state index in [1.165, 1.54) is 5.56 Å². The Hall–Kier alpha value is -1.33. The van der Waals surface area contributed by atoms with Crippen molar-refractivity contribution in [3.05, 3.63) is 41.7 Å². The molecule has 0 saturated carbocycles. The number of benzene rings is 1. The van der Waals surface area contributed by atoms with E-state index >= 15 is 0 Å². The van der Waals surface area contributed by atoms with Gasteiger partial charge in [-0.05, 0) is 12.5 Å². The van der Waals surface area contributed by atoms with Crippen molar-refractivity contribution < 1.29 is 5.73 Å². The first-order valence-corrected chi connectivity index (χ1v) is 6.65. The van der Waals surface area contributed by atoms with Crippen LogP contribution in [-0.4, -0.2) is 27.1 Å². The molecule has 0 unspecified atom stereocenters. The maximum atomic E-state index is 4.20. The second-order valence-electron chi connectivity index (χ2n) is 3.80. The highest BCUT2D eigenvalue weighted by molar-refractivity contribution is 7.99. The van der Waals surface area contributed by atoms with E-state index in [0.29, 0.717) is 0 Å². The minimum absolute atomic E-state index is 0.832. The van der Waals surface area contributed by atoms with Gasteiger partial charge in [-0.25, -0.2) is 0 Å². The van der Waals surface area contributed by atoms with Gasteiger partial charge in [-0.15, -0.1) is 10.2 Å². The number of hydrogen-bond donors (Lipinski definition) is 1. The predicted octanol–water partition coefficient (Wildman–Crippen LogP) is 0.969. The first kappa shape index (κ1) is 12.1. The third kappa shape index (κ3) is 3.08. The largest absolute Gasteiger partial charge is 0.357 e. The van der Waals surface area contributed by atoms with Gasteiger partial charge in [0.15, 0.2) is 5.16 Å². The highest BCUT2D eigenvalue weighted by Gasteiger charge is 2.09. The molecule has 90 valence electrons. The molecule has 0 radical (unpaired) electrons. The molecule has 4 nitrogen and oxygen atoms in total. The summed E-state index contributed by atoms with van der Waals surface area (Å²) in [6, 6.07) is 10.4. The Morgan fingerprint density at radius 3 is 2.71 bits per heavy atom. The van der Waals surface area contributed by atoms with E-state index in [0.717, 1.165) is 29.8 Å². The van der Waals surface area contributed by atoms with Crippen LogP contribution >= 0.6 is 11.8 Å². The molecule has 0 atom stereocenters. The maximum Gasteiger partial charge on any atom is 0.191 e. The van der Waals surface area contributed by atoms with Gasteiger partial charge in [-0.3, -0.25) is 0 Å². The molecule has 0 bridgehead atoms. The summed E-state index contributed by atoms with van der Waals surface area (Å²) in [5.41, 5.74) is 5.11. The minimum Gasteiger partial charge on any atom is -0.357 e. The summed E-state index contributed by atoms with van der Waals surface area (Å²) < 4.78 is 2.15. The van der Waals surface area contributed by atoms with Crippen LogP contribution in [0.2, 0.25) is 0 Å². The van der Waals surface area contributed by atoms with Crippen molar-refractivity contribution in [2.45, 2.75) is 18.6 Å². The van der Waals surface area contributed by atoms with E-state index in [1.807, 2.05) is 13.0 Å². The summed E-state index contributed by atoms with van der Waals surface area (Å²) in [7, 11) is 0.